The van der Waals surface area contributed by atoms with Crippen LogP contribution in [0.4, 0.5) is 11.4 Å². The SMILES string of the molecule is CCC(C(=O)Nc1c(C)cccc1C(C)C)N(c1ccc(C)c(Cl)c1)S(C)(=O)=O. The maximum absolute atomic E-state index is 13.2. The first kappa shape index (κ1) is 23.2. The third kappa shape index (κ3) is 5.31. The molecule has 2 aromatic carbocycles. The number of rotatable bonds is 7. The molecule has 0 aliphatic heterocycles. The van der Waals surface area contributed by atoms with Gasteiger partial charge in [-0.15, -0.1) is 0 Å². The smallest absolute Gasteiger partial charge is 0.248 e. The molecule has 0 aromatic heterocycles. The van der Waals surface area contributed by atoms with Gasteiger partial charge in [0.25, 0.3) is 0 Å². The zero-order valence-electron chi connectivity index (χ0n) is 17.8. The highest BCUT2D eigenvalue weighted by atomic mass is 35.5. The maximum atomic E-state index is 13.2. The van der Waals surface area contributed by atoms with Gasteiger partial charge in [0.1, 0.15) is 6.04 Å². The zero-order chi connectivity index (χ0) is 21.9. The highest BCUT2D eigenvalue weighted by Gasteiger charge is 2.32. The van der Waals surface area contributed by atoms with Gasteiger partial charge < -0.3 is 5.32 Å². The Balaban J connectivity index is 2.49. The molecule has 0 radical (unpaired) electrons. The summed E-state index contributed by atoms with van der Waals surface area (Å²) >= 11 is 6.22. The predicted molar refractivity (Wildman–Crippen MR) is 121 cm³/mol. The molecule has 0 aliphatic carbocycles. The van der Waals surface area contributed by atoms with E-state index in [1.54, 1.807) is 25.1 Å². The van der Waals surface area contributed by atoms with E-state index in [2.05, 4.69) is 19.2 Å². The van der Waals surface area contributed by atoms with Crippen molar-refractivity contribution in [3.63, 3.8) is 0 Å². The Labute approximate surface area is 179 Å². The van der Waals surface area contributed by atoms with Crippen LogP contribution in [0.15, 0.2) is 36.4 Å². The van der Waals surface area contributed by atoms with Gasteiger partial charge in [0, 0.05) is 10.7 Å². The lowest BCUT2D eigenvalue weighted by Crippen LogP contribution is -2.47. The van der Waals surface area contributed by atoms with Crippen LogP contribution in [-0.4, -0.2) is 26.6 Å². The Hall–Kier alpha value is -2.05. The number of nitrogens with zero attached hydrogens (tertiary/aromatic N) is 1. The summed E-state index contributed by atoms with van der Waals surface area (Å²) in [6.07, 6.45) is 1.41. The molecule has 2 rings (SSSR count). The van der Waals surface area contributed by atoms with Gasteiger partial charge in [-0.1, -0.05) is 56.6 Å². The van der Waals surface area contributed by atoms with E-state index in [9.17, 15) is 13.2 Å². The molecular weight excluding hydrogens is 408 g/mol. The fourth-order valence-electron chi connectivity index (χ4n) is 3.33. The molecule has 1 N–H and O–H groups in total. The molecule has 7 heteroatoms. The average molecular weight is 437 g/mol. The van der Waals surface area contributed by atoms with E-state index in [1.807, 2.05) is 32.0 Å². The molecule has 29 heavy (non-hydrogen) atoms. The zero-order valence-corrected chi connectivity index (χ0v) is 19.4. The van der Waals surface area contributed by atoms with Gasteiger partial charge in [-0.25, -0.2) is 8.42 Å². The number of anilines is 2. The molecule has 0 saturated carbocycles. The van der Waals surface area contributed by atoms with Crippen molar-refractivity contribution in [2.24, 2.45) is 0 Å². The van der Waals surface area contributed by atoms with Gasteiger partial charge >= 0.3 is 0 Å². The van der Waals surface area contributed by atoms with Crippen LogP contribution in [0.2, 0.25) is 5.02 Å². The lowest BCUT2D eigenvalue weighted by molar-refractivity contribution is -0.117. The highest BCUT2D eigenvalue weighted by Crippen LogP contribution is 2.30. The molecule has 0 spiro atoms. The Bertz CT molecular complexity index is 1000. The number of hydrogen-bond donors (Lipinski definition) is 1. The van der Waals surface area contributed by atoms with Crippen LogP contribution in [0.25, 0.3) is 0 Å². The quantitative estimate of drug-likeness (QED) is 0.643. The van der Waals surface area contributed by atoms with E-state index >= 15 is 0 Å². The molecule has 5 nitrogen and oxygen atoms in total. The van der Waals surface area contributed by atoms with Crippen LogP contribution in [0.1, 0.15) is 49.8 Å². The number of sulfonamides is 1. The molecule has 1 amide bonds. The third-order valence-corrected chi connectivity index (χ3v) is 6.50. The van der Waals surface area contributed by atoms with Crippen LogP contribution in [0.3, 0.4) is 0 Å². The summed E-state index contributed by atoms with van der Waals surface area (Å²) in [5.74, 6) is -0.155. The molecule has 0 aliphatic rings. The summed E-state index contributed by atoms with van der Waals surface area (Å²) in [4.78, 5) is 13.2. The standard InChI is InChI=1S/C22H29ClN2O3S/c1-7-20(22(26)24-21-16(5)9-8-10-18(21)14(2)3)25(29(6,27)28)17-12-11-15(4)19(23)13-17/h8-14,20H,7H2,1-6H3,(H,24,26). The molecule has 2 aromatic rings. The lowest BCUT2D eigenvalue weighted by atomic mass is 9.98. The minimum absolute atomic E-state index is 0.215. The molecule has 0 heterocycles. The largest absolute Gasteiger partial charge is 0.324 e. The Morgan fingerprint density at radius 3 is 2.31 bits per heavy atom. The van der Waals surface area contributed by atoms with Crippen molar-refractivity contribution in [2.75, 3.05) is 15.9 Å². The Kier molecular flexibility index (Phi) is 7.35. The first-order valence-electron chi connectivity index (χ1n) is 9.63. The number of nitrogens with one attached hydrogen (secondary N) is 1. The molecule has 0 fully saturated rings. The monoisotopic (exact) mass is 436 g/mol. The Morgan fingerprint density at radius 1 is 1.14 bits per heavy atom. The second-order valence-electron chi connectivity index (χ2n) is 7.60. The summed E-state index contributed by atoms with van der Waals surface area (Å²) in [6, 6.07) is 9.96. The molecule has 158 valence electrons. The number of para-hydroxylation sites is 1. The maximum Gasteiger partial charge on any atom is 0.248 e. The highest BCUT2D eigenvalue weighted by molar-refractivity contribution is 7.92. The van der Waals surface area contributed by atoms with E-state index in [0.717, 1.165) is 32.9 Å². The minimum Gasteiger partial charge on any atom is -0.324 e. The van der Waals surface area contributed by atoms with Crippen LogP contribution in [0, 0.1) is 13.8 Å². The second-order valence-corrected chi connectivity index (χ2v) is 9.87. The van der Waals surface area contributed by atoms with Crippen molar-refractivity contribution in [3.8, 4) is 0 Å². The first-order chi connectivity index (χ1) is 13.5. The lowest BCUT2D eigenvalue weighted by Gasteiger charge is -2.31. The van der Waals surface area contributed by atoms with Crippen molar-refractivity contribution < 1.29 is 13.2 Å². The van der Waals surface area contributed by atoms with Crippen LogP contribution in [0.5, 0.6) is 0 Å². The predicted octanol–water partition coefficient (Wildman–Crippen LogP) is 5.26. The van der Waals surface area contributed by atoms with E-state index in [0.29, 0.717) is 17.1 Å². The molecule has 0 bridgehead atoms. The van der Waals surface area contributed by atoms with Crippen molar-refractivity contribution in [1.29, 1.82) is 0 Å². The van der Waals surface area contributed by atoms with Crippen molar-refractivity contribution in [3.05, 3.63) is 58.1 Å². The van der Waals surface area contributed by atoms with E-state index < -0.39 is 16.1 Å². The van der Waals surface area contributed by atoms with Gasteiger partial charge in [0.05, 0.1) is 11.9 Å². The van der Waals surface area contributed by atoms with Crippen molar-refractivity contribution >= 4 is 38.9 Å². The fourth-order valence-corrected chi connectivity index (χ4v) is 4.71. The second kappa shape index (κ2) is 9.18. The summed E-state index contributed by atoms with van der Waals surface area (Å²) < 4.78 is 26.4. The average Bonchev–Trinajstić information content (AvgIpc) is 2.62. The first-order valence-corrected chi connectivity index (χ1v) is 11.9. The summed E-state index contributed by atoms with van der Waals surface area (Å²) in [5.41, 5.74) is 3.89. The van der Waals surface area contributed by atoms with Gasteiger partial charge in [-0.05, 0) is 55.0 Å². The molecule has 0 saturated heterocycles. The van der Waals surface area contributed by atoms with Crippen molar-refractivity contribution in [1.82, 2.24) is 0 Å². The Morgan fingerprint density at radius 2 is 1.79 bits per heavy atom. The van der Waals surface area contributed by atoms with Gasteiger partial charge in [0.2, 0.25) is 15.9 Å². The van der Waals surface area contributed by atoms with Crippen molar-refractivity contribution in [2.45, 2.75) is 53.0 Å². The summed E-state index contributed by atoms with van der Waals surface area (Å²) in [7, 11) is -3.72. The van der Waals surface area contributed by atoms with E-state index in [-0.39, 0.29) is 11.8 Å². The number of amides is 1. The molecule has 1 atom stereocenters. The van der Waals surface area contributed by atoms with E-state index in [4.69, 9.17) is 11.6 Å². The molecular formula is C22H29ClN2O3S. The van der Waals surface area contributed by atoms with Crippen LogP contribution >= 0.6 is 11.6 Å². The summed E-state index contributed by atoms with van der Waals surface area (Å²) in [6.45, 7) is 9.67. The minimum atomic E-state index is -3.72. The number of carbonyl (C=O) groups excluding carboxylic acids is 1. The van der Waals surface area contributed by atoms with Gasteiger partial charge in [0.15, 0.2) is 0 Å². The number of carbonyl (C=O) groups is 1. The topological polar surface area (TPSA) is 66.5 Å². The van der Waals surface area contributed by atoms with Crippen LogP contribution < -0.4 is 9.62 Å². The van der Waals surface area contributed by atoms with E-state index in [1.165, 1.54) is 0 Å². The number of aryl methyl sites for hydroxylation is 2. The summed E-state index contributed by atoms with van der Waals surface area (Å²) in [5, 5.41) is 3.43. The fraction of sp³-hybridized carbons (Fsp3) is 0.409. The normalized spacial score (nSPS) is 12.7. The number of benzene rings is 2. The number of hydrogen-bond acceptors (Lipinski definition) is 3. The van der Waals surface area contributed by atoms with Gasteiger partial charge in [-0.2, -0.15) is 0 Å². The molecule has 1 unspecified atom stereocenters. The van der Waals surface area contributed by atoms with Gasteiger partial charge in [-0.3, -0.25) is 9.10 Å². The third-order valence-electron chi connectivity index (χ3n) is 4.91. The number of halogens is 1. The van der Waals surface area contributed by atoms with Crippen LogP contribution in [-0.2, 0) is 14.8 Å².